The SMILES string of the molecule is CCN(CC)C(=O)C(=O)c1cccc2ccccc12. The Morgan fingerprint density at radius 1 is 0.947 bits per heavy atom. The zero-order chi connectivity index (χ0) is 13.8. The molecule has 0 saturated carbocycles. The van der Waals surface area contributed by atoms with Gasteiger partial charge >= 0.3 is 0 Å². The second-order valence-electron chi connectivity index (χ2n) is 4.33. The van der Waals surface area contributed by atoms with Gasteiger partial charge in [-0.2, -0.15) is 0 Å². The molecule has 98 valence electrons. The van der Waals surface area contributed by atoms with Crippen LogP contribution in [0.1, 0.15) is 24.2 Å². The molecule has 19 heavy (non-hydrogen) atoms. The van der Waals surface area contributed by atoms with Gasteiger partial charge in [0.25, 0.3) is 11.7 Å². The molecule has 2 aromatic rings. The molecule has 0 bridgehead atoms. The summed E-state index contributed by atoms with van der Waals surface area (Å²) in [4.78, 5) is 26.0. The van der Waals surface area contributed by atoms with Crippen molar-refractivity contribution in [3.05, 3.63) is 48.0 Å². The maximum atomic E-state index is 12.3. The summed E-state index contributed by atoms with van der Waals surface area (Å²) in [5.74, 6) is -0.859. The fraction of sp³-hybridized carbons (Fsp3) is 0.250. The molecule has 0 saturated heterocycles. The van der Waals surface area contributed by atoms with Gasteiger partial charge in [0.1, 0.15) is 0 Å². The zero-order valence-corrected chi connectivity index (χ0v) is 11.2. The van der Waals surface area contributed by atoms with Crippen LogP contribution in [-0.2, 0) is 4.79 Å². The molecule has 0 aliphatic carbocycles. The molecule has 0 atom stereocenters. The van der Waals surface area contributed by atoms with E-state index in [1.165, 1.54) is 0 Å². The Labute approximate surface area is 112 Å². The number of rotatable bonds is 4. The summed E-state index contributed by atoms with van der Waals surface area (Å²) in [6, 6.07) is 13.1. The molecular formula is C16H17NO2. The first-order valence-electron chi connectivity index (χ1n) is 6.50. The summed E-state index contributed by atoms with van der Waals surface area (Å²) in [6.45, 7) is 4.84. The average molecular weight is 255 g/mol. The van der Waals surface area contributed by atoms with Crippen LogP contribution in [0.4, 0.5) is 0 Å². The van der Waals surface area contributed by atoms with Crippen molar-refractivity contribution in [2.24, 2.45) is 0 Å². The number of carbonyl (C=O) groups is 2. The van der Waals surface area contributed by atoms with Crippen molar-refractivity contribution < 1.29 is 9.59 Å². The number of carbonyl (C=O) groups excluding carboxylic acids is 2. The van der Waals surface area contributed by atoms with E-state index in [2.05, 4.69) is 0 Å². The molecule has 3 nitrogen and oxygen atoms in total. The van der Waals surface area contributed by atoms with Crippen molar-refractivity contribution in [2.45, 2.75) is 13.8 Å². The standard InChI is InChI=1S/C16H17NO2/c1-3-17(4-2)16(19)15(18)14-11-7-9-12-8-5-6-10-13(12)14/h5-11H,3-4H2,1-2H3. The zero-order valence-electron chi connectivity index (χ0n) is 11.2. The maximum absolute atomic E-state index is 12.3. The third-order valence-corrected chi connectivity index (χ3v) is 3.28. The number of amides is 1. The lowest BCUT2D eigenvalue weighted by Gasteiger charge is -2.17. The van der Waals surface area contributed by atoms with E-state index in [-0.39, 0.29) is 0 Å². The summed E-state index contributed by atoms with van der Waals surface area (Å²) in [5, 5.41) is 1.80. The largest absolute Gasteiger partial charge is 0.336 e. The van der Waals surface area contributed by atoms with Crippen LogP contribution in [0.15, 0.2) is 42.5 Å². The molecule has 2 aromatic carbocycles. The minimum absolute atomic E-state index is 0.429. The summed E-state index contributed by atoms with van der Waals surface area (Å²) in [6.07, 6.45) is 0. The quantitative estimate of drug-likeness (QED) is 0.622. The van der Waals surface area contributed by atoms with E-state index in [0.29, 0.717) is 18.7 Å². The average Bonchev–Trinajstić information content (AvgIpc) is 2.47. The highest BCUT2D eigenvalue weighted by molar-refractivity contribution is 6.44. The van der Waals surface area contributed by atoms with Crippen molar-refractivity contribution in [2.75, 3.05) is 13.1 Å². The molecule has 0 N–H and O–H groups in total. The number of hydrogen-bond acceptors (Lipinski definition) is 2. The van der Waals surface area contributed by atoms with E-state index in [1.54, 1.807) is 11.0 Å². The van der Waals surface area contributed by atoms with Gasteiger partial charge in [-0.3, -0.25) is 9.59 Å². The number of benzene rings is 2. The van der Waals surface area contributed by atoms with E-state index in [9.17, 15) is 9.59 Å². The van der Waals surface area contributed by atoms with E-state index >= 15 is 0 Å². The van der Waals surface area contributed by atoms with Gasteiger partial charge < -0.3 is 4.90 Å². The number of ketones is 1. The van der Waals surface area contributed by atoms with Gasteiger partial charge in [0.05, 0.1) is 0 Å². The first kappa shape index (κ1) is 13.3. The predicted molar refractivity (Wildman–Crippen MR) is 76.2 cm³/mol. The Balaban J connectivity index is 2.44. The minimum Gasteiger partial charge on any atom is -0.336 e. The molecule has 0 radical (unpaired) electrons. The Morgan fingerprint density at radius 3 is 2.26 bits per heavy atom. The third-order valence-electron chi connectivity index (χ3n) is 3.28. The molecule has 0 unspecified atom stereocenters. The molecular weight excluding hydrogens is 238 g/mol. The van der Waals surface area contributed by atoms with Gasteiger partial charge in [-0.05, 0) is 24.6 Å². The van der Waals surface area contributed by atoms with Crippen LogP contribution in [-0.4, -0.2) is 29.7 Å². The fourth-order valence-corrected chi connectivity index (χ4v) is 2.19. The van der Waals surface area contributed by atoms with Gasteiger partial charge in [0, 0.05) is 18.7 Å². The first-order chi connectivity index (χ1) is 9.19. The van der Waals surface area contributed by atoms with Crippen LogP contribution in [0, 0.1) is 0 Å². The van der Waals surface area contributed by atoms with E-state index < -0.39 is 11.7 Å². The maximum Gasteiger partial charge on any atom is 0.294 e. The highest BCUT2D eigenvalue weighted by Gasteiger charge is 2.22. The monoisotopic (exact) mass is 255 g/mol. The fourth-order valence-electron chi connectivity index (χ4n) is 2.19. The second-order valence-corrected chi connectivity index (χ2v) is 4.33. The van der Waals surface area contributed by atoms with Crippen LogP contribution >= 0.6 is 0 Å². The number of Topliss-reactive ketones (excluding diaryl/α,β-unsaturated/α-hetero) is 1. The van der Waals surface area contributed by atoms with Crippen molar-refractivity contribution in [3.8, 4) is 0 Å². The lowest BCUT2D eigenvalue weighted by atomic mass is 10.0. The van der Waals surface area contributed by atoms with Gasteiger partial charge in [0.15, 0.2) is 0 Å². The number of nitrogens with zero attached hydrogens (tertiary/aromatic N) is 1. The molecule has 0 aliphatic rings. The highest BCUT2D eigenvalue weighted by atomic mass is 16.2. The predicted octanol–water partition coefficient (Wildman–Crippen LogP) is 2.89. The molecule has 0 heterocycles. The van der Waals surface area contributed by atoms with Crippen LogP contribution in [0.5, 0.6) is 0 Å². The van der Waals surface area contributed by atoms with Crippen LogP contribution < -0.4 is 0 Å². The second kappa shape index (κ2) is 5.65. The summed E-state index contributed by atoms with van der Waals surface area (Å²) in [5.41, 5.74) is 0.481. The molecule has 2 rings (SSSR count). The molecule has 0 fully saturated rings. The molecule has 1 amide bonds. The van der Waals surface area contributed by atoms with E-state index in [1.807, 2.05) is 50.2 Å². The number of hydrogen-bond donors (Lipinski definition) is 0. The highest BCUT2D eigenvalue weighted by Crippen LogP contribution is 2.19. The third kappa shape index (κ3) is 2.50. The minimum atomic E-state index is -0.430. The molecule has 3 heteroatoms. The van der Waals surface area contributed by atoms with Gasteiger partial charge in [-0.15, -0.1) is 0 Å². The van der Waals surface area contributed by atoms with Crippen LogP contribution in [0.25, 0.3) is 10.8 Å². The van der Waals surface area contributed by atoms with Crippen molar-refractivity contribution in [3.63, 3.8) is 0 Å². The van der Waals surface area contributed by atoms with E-state index in [4.69, 9.17) is 0 Å². The van der Waals surface area contributed by atoms with Crippen molar-refractivity contribution in [1.82, 2.24) is 4.90 Å². The normalized spacial score (nSPS) is 10.4. The van der Waals surface area contributed by atoms with Crippen molar-refractivity contribution >= 4 is 22.5 Å². The summed E-state index contributed by atoms with van der Waals surface area (Å²) in [7, 11) is 0. The summed E-state index contributed by atoms with van der Waals surface area (Å²) >= 11 is 0. The Morgan fingerprint density at radius 2 is 1.58 bits per heavy atom. The van der Waals surface area contributed by atoms with Gasteiger partial charge in [0.2, 0.25) is 0 Å². The molecule has 0 aliphatic heterocycles. The summed E-state index contributed by atoms with van der Waals surface area (Å²) < 4.78 is 0. The number of likely N-dealkylation sites (N-methyl/N-ethyl adjacent to an activating group) is 1. The smallest absolute Gasteiger partial charge is 0.294 e. The first-order valence-corrected chi connectivity index (χ1v) is 6.50. The van der Waals surface area contributed by atoms with Crippen molar-refractivity contribution in [1.29, 1.82) is 0 Å². The molecule has 0 spiro atoms. The Bertz CT molecular complexity index is 610. The topological polar surface area (TPSA) is 37.4 Å². The lowest BCUT2D eigenvalue weighted by Crippen LogP contribution is -2.36. The van der Waals surface area contributed by atoms with Gasteiger partial charge in [-0.1, -0.05) is 42.5 Å². The van der Waals surface area contributed by atoms with Gasteiger partial charge in [-0.25, -0.2) is 0 Å². The van der Waals surface area contributed by atoms with E-state index in [0.717, 1.165) is 10.8 Å². The Kier molecular flexibility index (Phi) is 3.95. The number of fused-ring (bicyclic) bond motifs is 1. The Hall–Kier alpha value is -2.16. The van der Waals surface area contributed by atoms with Crippen LogP contribution in [0.2, 0.25) is 0 Å². The molecule has 0 aromatic heterocycles. The van der Waals surface area contributed by atoms with Crippen LogP contribution in [0.3, 0.4) is 0 Å². The lowest BCUT2D eigenvalue weighted by molar-refractivity contribution is -0.126.